The van der Waals surface area contributed by atoms with Crippen molar-refractivity contribution in [3.63, 3.8) is 0 Å². The van der Waals surface area contributed by atoms with E-state index in [-0.39, 0.29) is 45.1 Å². The molecule has 0 saturated carbocycles. The number of carbonyl (C=O) groups excluding carboxylic acids is 1. The second-order valence-corrected chi connectivity index (χ2v) is 11.6. The summed E-state index contributed by atoms with van der Waals surface area (Å²) in [5, 5.41) is -1.15. The third-order valence-corrected chi connectivity index (χ3v) is 10.3. The molecule has 30 heavy (non-hydrogen) atoms. The van der Waals surface area contributed by atoms with E-state index >= 15 is 0 Å². The number of aromatic nitrogens is 1. The Morgan fingerprint density at radius 3 is 1.87 bits per heavy atom. The number of hydrogen-bond acceptors (Lipinski definition) is 8. The zero-order valence-corrected chi connectivity index (χ0v) is 20.8. The maximum atomic E-state index is 13.6. The Morgan fingerprint density at radius 2 is 1.47 bits per heavy atom. The second-order valence-electron chi connectivity index (χ2n) is 6.33. The lowest BCUT2D eigenvalue weighted by atomic mass is 10.2. The molecule has 1 aromatic heterocycles. The first-order valence-electron chi connectivity index (χ1n) is 9.96. The number of carbonyl (C=O) groups is 1. The van der Waals surface area contributed by atoms with Crippen molar-refractivity contribution < 1.29 is 36.6 Å². The number of nitrogens with zero attached hydrogens (tertiary/aromatic N) is 1. The summed E-state index contributed by atoms with van der Waals surface area (Å²) in [5.41, 5.74) is 0.674. The van der Waals surface area contributed by atoms with E-state index in [0.29, 0.717) is 10.6 Å². The van der Waals surface area contributed by atoms with E-state index in [4.69, 9.17) is 30.3 Å². The van der Waals surface area contributed by atoms with Gasteiger partial charge in [0.1, 0.15) is 12.2 Å². The predicted molar refractivity (Wildman–Crippen MR) is 119 cm³/mol. The average Bonchev–Trinajstić information content (AvgIpc) is 2.66. The van der Waals surface area contributed by atoms with Crippen LogP contribution in [0.2, 0.25) is 0 Å². The van der Waals surface area contributed by atoms with Crippen molar-refractivity contribution in [3.05, 3.63) is 30.1 Å². The summed E-state index contributed by atoms with van der Waals surface area (Å²) in [5.74, 6) is -0.0508. The van der Waals surface area contributed by atoms with Gasteiger partial charge >= 0.3 is 15.2 Å². The largest absolute Gasteiger partial charge is 0.346 e. The number of thiocarbonyl (C=S) groups is 1. The highest BCUT2D eigenvalue weighted by atomic mass is 32.1. The first kappa shape index (κ1) is 27.2. The molecule has 0 aliphatic carbocycles. The van der Waals surface area contributed by atoms with Gasteiger partial charge in [0.25, 0.3) is 4.99 Å². The number of Topliss-reactive ketones (excluding diaryl/α,β-unsaturated/α-hetero) is 1. The fraction of sp³-hybridized carbons (Fsp3) is 0.632. The van der Waals surface area contributed by atoms with Gasteiger partial charge in [0.05, 0.1) is 26.4 Å². The Balaban J connectivity index is 3.42. The molecule has 0 fully saturated rings. The van der Waals surface area contributed by atoms with Crippen molar-refractivity contribution >= 4 is 38.2 Å². The van der Waals surface area contributed by atoms with Gasteiger partial charge in [0, 0.05) is 18.1 Å². The summed E-state index contributed by atoms with van der Waals surface area (Å²) >= 11 is 5.32. The Bertz CT molecular complexity index is 768. The van der Waals surface area contributed by atoms with Gasteiger partial charge in [-0.05, 0) is 52.9 Å². The molecule has 0 aliphatic rings. The first-order valence-corrected chi connectivity index (χ1v) is 13.6. The van der Waals surface area contributed by atoms with Crippen LogP contribution in [-0.2, 0) is 38.4 Å². The highest BCUT2D eigenvalue weighted by Gasteiger charge is 2.51. The molecule has 170 valence electrons. The minimum Gasteiger partial charge on any atom is -0.308 e. The molecular weight excluding hydrogens is 448 g/mol. The molecule has 0 bridgehead atoms. The fourth-order valence-corrected chi connectivity index (χ4v) is 8.50. The van der Waals surface area contributed by atoms with E-state index in [9.17, 15) is 13.9 Å². The smallest absolute Gasteiger partial charge is 0.308 e. The summed E-state index contributed by atoms with van der Waals surface area (Å²) in [6.07, 6.45) is 3.61. The van der Waals surface area contributed by atoms with E-state index in [1.165, 1.54) is 6.92 Å². The summed E-state index contributed by atoms with van der Waals surface area (Å²) in [7, 11) is -7.69. The summed E-state index contributed by atoms with van der Waals surface area (Å²) < 4.78 is 50.9. The molecule has 0 aliphatic heterocycles. The summed E-state index contributed by atoms with van der Waals surface area (Å²) in [6, 6.07) is 3.53. The standard InChI is InChI=1S/C19H32NO7P2S/c1-6-24-28(22,25-7-2)19(29(23,26-8-3)27-9-4)14-17-11-10-12-20(15-17)18(30)13-16(5)21/h10-12,15,19H,6-9,13-14H2,1-5H3/q+1. The van der Waals surface area contributed by atoms with Crippen LogP contribution in [-0.4, -0.2) is 42.6 Å². The third-order valence-electron chi connectivity index (χ3n) is 3.93. The normalized spacial score (nSPS) is 12.3. The average molecular weight is 480 g/mol. The van der Waals surface area contributed by atoms with Gasteiger partial charge in [-0.15, -0.1) is 0 Å². The zero-order chi connectivity index (χ0) is 22.8. The van der Waals surface area contributed by atoms with Crippen molar-refractivity contribution in [1.29, 1.82) is 0 Å². The lowest BCUT2D eigenvalue weighted by molar-refractivity contribution is -0.553. The van der Waals surface area contributed by atoms with E-state index < -0.39 is 20.6 Å². The molecule has 1 aromatic rings. The molecule has 0 radical (unpaired) electrons. The van der Waals surface area contributed by atoms with E-state index in [2.05, 4.69) is 0 Å². The van der Waals surface area contributed by atoms with Crippen LogP contribution >= 0.6 is 27.4 Å². The van der Waals surface area contributed by atoms with E-state index in [1.807, 2.05) is 0 Å². The van der Waals surface area contributed by atoms with Crippen LogP contribution in [0.25, 0.3) is 0 Å². The summed E-state index contributed by atoms with van der Waals surface area (Å²) in [4.78, 5) is 11.8. The van der Waals surface area contributed by atoms with Gasteiger partial charge in [-0.25, -0.2) is 0 Å². The van der Waals surface area contributed by atoms with Gasteiger partial charge in [-0.2, -0.15) is 4.57 Å². The number of rotatable bonds is 14. The topological polar surface area (TPSA) is 92.0 Å². The van der Waals surface area contributed by atoms with Crippen LogP contribution in [0.1, 0.15) is 46.6 Å². The van der Waals surface area contributed by atoms with Gasteiger partial charge in [0.2, 0.25) is 0 Å². The van der Waals surface area contributed by atoms with Crippen LogP contribution in [0.3, 0.4) is 0 Å². The monoisotopic (exact) mass is 480 g/mol. The number of hydrogen-bond donors (Lipinski definition) is 0. The number of ketones is 1. The van der Waals surface area contributed by atoms with Gasteiger partial charge in [0.15, 0.2) is 17.8 Å². The van der Waals surface area contributed by atoms with Crippen molar-refractivity contribution in [2.24, 2.45) is 0 Å². The van der Waals surface area contributed by atoms with Crippen LogP contribution < -0.4 is 4.57 Å². The van der Waals surface area contributed by atoms with Crippen molar-refractivity contribution in [3.8, 4) is 0 Å². The molecule has 11 heteroatoms. The lowest BCUT2D eigenvalue weighted by Gasteiger charge is -2.31. The lowest BCUT2D eigenvalue weighted by Crippen LogP contribution is -2.42. The maximum Gasteiger partial charge on any atom is 0.346 e. The molecular formula is C19H32NO7P2S+. The minimum atomic E-state index is -3.85. The molecule has 0 spiro atoms. The predicted octanol–water partition coefficient (Wildman–Crippen LogP) is 4.53. The van der Waals surface area contributed by atoms with Crippen LogP contribution in [0.5, 0.6) is 0 Å². The minimum absolute atomic E-state index is 0.0508. The molecule has 0 atom stereocenters. The second kappa shape index (κ2) is 12.9. The molecule has 8 nitrogen and oxygen atoms in total. The van der Waals surface area contributed by atoms with Crippen LogP contribution in [0, 0.1) is 0 Å². The maximum absolute atomic E-state index is 13.6. The SMILES string of the molecule is CCOP(=O)(OCC)C(Cc1ccc[n+](C(=S)CC(C)=O)c1)P(=O)(OCC)OCC. The van der Waals surface area contributed by atoms with E-state index in [0.717, 1.165) is 0 Å². The quantitative estimate of drug-likeness (QED) is 0.218. The fourth-order valence-electron chi connectivity index (χ4n) is 2.85. The molecule has 1 rings (SSSR count). The van der Waals surface area contributed by atoms with Crippen molar-refractivity contribution in [2.45, 2.75) is 52.9 Å². The van der Waals surface area contributed by atoms with Crippen LogP contribution in [0.4, 0.5) is 0 Å². The molecule has 1 heterocycles. The van der Waals surface area contributed by atoms with Gasteiger partial charge in [-0.1, -0.05) is 0 Å². The Hall–Kier alpha value is -0.790. The van der Waals surface area contributed by atoms with Gasteiger partial charge < -0.3 is 18.1 Å². The highest BCUT2D eigenvalue weighted by molar-refractivity contribution is 7.80. The molecule has 0 amide bonds. The Labute approximate surface area is 184 Å². The van der Waals surface area contributed by atoms with Crippen LogP contribution in [0.15, 0.2) is 24.5 Å². The van der Waals surface area contributed by atoms with E-state index in [1.54, 1.807) is 56.8 Å². The molecule has 0 aromatic carbocycles. The summed E-state index contributed by atoms with van der Waals surface area (Å²) in [6.45, 7) is 8.67. The zero-order valence-electron chi connectivity index (χ0n) is 18.2. The van der Waals surface area contributed by atoms with Crippen molar-refractivity contribution in [2.75, 3.05) is 26.4 Å². The Morgan fingerprint density at radius 1 is 1.00 bits per heavy atom. The molecule has 0 N–H and O–H groups in total. The molecule has 0 unspecified atom stereocenters. The first-order chi connectivity index (χ1) is 14.2. The number of pyridine rings is 1. The van der Waals surface area contributed by atoms with Crippen molar-refractivity contribution in [1.82, 2.24) is 0 Å². The highest BCUT2D eigenvalue weighted by Crippen LogP contribution is 2.71. The molecule has 0 saturated heterocycles. The third kappa shape index (κ3) is 7.72. The Kier molecular flexibility index (Phi) is 11.7. The van der Waals surface area contributed by atoms with Gasteiger partial charge in [-0.3, -0.25) is 13.9 Å².